The minimum atomic E-state index is -3.79. The van der Waals surface area contributed by atoms with Crippen molar-refractivity contribution in [2.45, 2.75) is 30.2 Å². The molecular weight excluding hydrogens is 418 g/mol. The van der Waals surface area contributed by atoms with Gasteiger partial charge in [0.05, 0.1) is 22.5 Å². The lowest BCUT2D eigenvalue weighted by molar-refractivity contribution is -0.384. The number of nitrogens with one attached hydrogen (secondary N) is 1. The topological polar surface area (TPSA) is 113 Å². The van der Waals surface area contributed by atoms with E-state index < -0.39 is 21.0 Å². The minimum absolute atomic E-state index is 0.111. The standard InChI is InChI=1S/C19H22ClN3O5S/c20-15-6-4-5-14(11-15)18(13-24)21-17-8-7-16(12-19(17)23(25)26)29(27,28)22-9-2-1-3-10-22/h4-8,11-12,18,21,24H,1-3,9-10,13H2. The summed E-state index contributed by atoms with van der Waals surface area (Å²) in [6, 6.07) is 9.92. The Bertz CT molecular complexity index is 993. The first-order chi connectivity index (χ1) is 13.8. The third-order valence-corrected chi connectivity index (χ3v) is 7.01. The van der Waals surface area contributed by atoms with Gasteiger partial charge in [0.2, 0.25) is 10.0 Å². The second-order valence-electron chi connectivity index (χ2n) is 6.84. The van der Waals surface area contributed by atoms with Gasteiger partial charge in [0.1, 0.15) is 5.69 Å². The Kier molecular flexibility index (Phi) is 6.74. The second kappa shape index (κ2) is 9.08. The van der Waals surface area contributed by atoms with Crippen LogP contribution in [0.15, 0.2) is 47.4 Å². The van der Waals surface area contributed by atoms with E-state index >= 15 is 0 Å². The van der Waals surface area contributed by atoms with Crippen molar-refractivity contribution in [2.24, 2.45) is 0 Å². The predicted octanol–water partition coefficient (Wildman–Crippen LogP) is 3.57. The van der Waals surface area contributed by atoms with Crippen molar-refractivity contribution in [1.29, 1.82) is 0 Å². The van der Waals surface area contributed by atoms with E-state index in [9.17, 15) is 23.6 Å². The number of nitrogens with zero attached hydrogens (tertiary/aromatic N) is 2. The SMILES string of the molecule is O=[N+]([O-])c1cc(S(=O)(=O)N2CCCCC2)ccc1NC(CO)c1cccc(Cl)c1. The molecule has 10 heteroatoms. The second-order valence-corrected chi connectivity index (χ2v) is 9.21. The third-order valence-electron chi connectivity index (χ3n) is 4.88. The Labute approximate surface area is 174 Å². The fourth-order valence-corrected chi connectivity index (χ4v) is 5.08. The van der Waals surface area contributed by atoms with Crippen LogP contribution in [0.5, 0.6) is 0 Å². The number of sulfonamides is 1. The quantitative estimate of drug-likeness (QED) is 0.503. The molecule has 156 valence electrons. The molecule has 2 aromatic rings. The molecule has 0 amide bonds. The zero-order valence-corrected chi connectivity index (χ0v) is 17.2. The Morgan fingerprint density at radius 3 is 2.52 bits per heavy atom. The number of nitro groups is 1. The smallest absolute Gasteiger partial charge is 0.293 e. The molecule has 0 spiro atoms. The lowest BCUT2D eigenvalue weighted by Gasteiger charge is -2.26. The summed E-state index contributed by atoms with van der Waals surface area (Å²) in [6.07, 6.45) is 2.53. The first kappa shape index (κ1) is 21.5. The van der Waals surface area contributed by atoms with E-state index in [1.165, 1.54) is 16.4 Å². The van der Waals surface area contributed by atoms with Crippen LogP contribution >= 0.6 is 11.6 Å². The zero-order valence-electron chi connectivity index (χ0n) is 15.6. The number of aliphatic hydroxyl groups excluding tert-OH is 1. The van der Waals surface area contributed by atoms with Gasteiger partial charge in [0, 0.05) is 24.2 Å². The van der Waals surface area contributed by atoms with Gasteiger partial charge in [-0.25, -0.2) is 8.42 Å². The number of aliphatic hydroxyl groups is 1. The van der Waals surface area contributed by atoms with Gasteiger partial charge in [-0.05, 0) is 42.7 Å². The molecule has 0 saturated carbocycles. The van der Waals surface area contributed by atoms with Crippen LogP contribution in [0.3, 0.4) is 0 Å². The summed E-state index contributed by atoms with van der Waals surface area (Å²) < 4.78 is 27.0. The molecule has 2 aromatic carbocycles. The van der Waals surface area contributed by atoms with Gasteiger partial charge in [-0.15, -0.1) is 0 Å². The number of rotatable bonds is 7. The average molecular weight is 440 g/mol. The molecule has 1 saturated heterocycles. The molecular formula is C19H22ClN3O5S. The van der Waals surface area contributed by atoms with Crippen molar-refractivity contribution in [1.82, 2.24) is 4.31 Å². The number of benzene rings is 2. The predicted molar refractivity (Wildman–Crippen MR) is 111 cm³/mol. The number of piperidine rings is 1. The lowest BCUT2D eigenvalue weighted by Crippen LogP contribution is -2.35. The summed E-state index contributed by atoms with van der Waals surface area (Å²) in [5.41, 5.74) is 0.398. The highest BCUT2D eigenvalue weighted by Crippen LogP contribution is 2.32. The van der Waals surface area contributed by atoms with E-state index in [2.05, 4.69) is 5.32 Å². The number of hydrogen-bond acceptors (Lipinski definition) is 6. The molecule has 29 heavy (non-hydrogen) atoms. The van der Waals surface area contributed by atoms with E-state index in [1.807, 2.05) is 0 Å². The maximum Gasteiger partial charge on any atom is 0.293 e. The maximum atomic E-state index is 12.8. The summed E-state index contributed by atoms with van der Waals surface area (Å²) in [7, 11) is -3.79. The van der Waals surface area contributed by atoms with Gasteiger partial charge >= 0.3 is 0 Å². The maximum absolute atomic E-state index is 12.8. The highest BCUT2D eigenvalue weighted by Gasteiger charge is 2.29. The number of halogens is 1. The molecule has 0 radical (unpaired) electrons. The van der Waals surface area contributed by atoms with Crippen LogP contribution < -0.4 is 5.32 Å². The van der Waals surface area contributed by atoms with E-state index in [4.69, 9.17) is 11.6 Å². The number of hydrogen-bond donors (Lipinski definition) is 2. The van der Waals surface area contributed by atoms with Crippen molar-refractivity contribution in [3.63, 3.8) is 0 Å². The van der Waals surface area contributed by atoms with Crippen molar-refractivity contribution < 1.29 is 18.4 Å². The Morgan fingerprint density at radius 1 is 1.17 bits per heavy atom. The molecule has 0 aliphatic carbocycles. The van der Waals surface area contributed by atoms with Crippen molar-refractivity contribution in [2.75, 3.05) is 25.0 Å². The Balaban J connectivity index is 1.93. The summed E-state index contributed by atoms with van der Waals surface area (Å²) in [5.74, 6) is 0. The minimum Gasteiger partial charge on any atom is -0.394 e. The van der Waals surface area contributed by atoms with Crippen molar-refractivity contribution in [3.8, 4) is 0 Å². The molecule has 3 rings (SSSR count). The average Bonchev–Trinajstić information content (AvgIpc) is 2.72. The highest BCUT2D eigenvalue weighted by molar-refractivity contribution is 7.89. The van der Waals surface area contributed by atoms with Gasteiger partial charge in [0.15, 0.2) is 0 Å². The number of anilines is 1. The van der Waals surface area contributed by atoms with E-state index in [-0.39, 0.29) is 22.9 Å². The molecule has 1 aliphatic heterocycles. The highest BCUT2D eigenvalue weighted by atomic mass is 35.5. The van der Waals surface area contributed by atoms with Gasteiger partial charge in [-0.3, -0.25) is 10.1 Å². The van der Waals surface area contributed by atoms with E-state index in [1.54, 1.807) is 24.3 Å². The first-order valence-electron chi connectivity index (χ1n) is 9.24. The Hall–Kier alpha value is -2.20. The summed E-state index contributed by atoms with van der Waals surface area (Å²) in [5, 5.41) is 24.7. The normalized spacial score (nSPS) is 16.3. The molecule has 1 atom stereocenters. The van der Waals surface area contributed by atoms with Crippen molar-refractivity contribution in [3.05, 3.63) is 63.2 Å². The van der Waals surface area contributed by atoms with Gasteiger partial charge in [-0.1, -0.05) is 30.2 Å². The van der Waals surface area contributed by atoms with Crippen LogP contribution in [0, 0.1) is 10.1 Å². The number of nitro benzene ring substituents is 1. The van der Waals surface area contributed by atoms with E-state index in [0.29, 0.717) is 23.7 Å². The van der Waals surface area contributed by atoms with Crippen LogP contribution in [0.25, 0.3) is 0 Å². The molecule has 0 bridgehead atoms. The van der Waals surface area contributed by atoms with Crippen LogP contribution in [-0.4, -0.2) is 42.4 Å². The molecule has 1 aliphatic rings. The molecule has 8 nitrogen and oxygen atoms in total. The molecule has 1 fully saturated rings. The molecule has 1 heterocycles. The van der Waals surface area contributed by atoms with Crippen LogP contribution in [0.4, 0.5) is 11.4 Å². The third kappa shape index (κ3) is 4.87. The van der Waals surface area contributed by atoms with Gasteiger partial charge in [0.25, 0.3) is 5.69 Å². The van der Waals surface area contributed by atoms with Crippen LogP contribution in [0.2, 0.25) is 5.02 Å². The van der Waals surface area contributed by atoms with Gasteiger partial charge in [-0.2, -0.15) is 4.31 Å². The van der Waals surface area contributed by atoms with Crippen LogP contribution in [0.1, 0.15) is 30.9 Å². The van der Waals surface area contributed by atoms with Crippen molar-refractivity contribution >= 4 is 33.0 Å². The molecule has 0 aromatic heterocycles. The Morgan fingerprint density at radius 2 is 1.90 bits per heavy atom. The fraction of sp³-hybridized carbons (Fsp3) is 0.368. The lowest BCUT2D eigenvalue weighted by atomic mass is 10.1. The summed E-state index contributed by atoms with van der Waals surface area (Å²) >= 11 is 5.99. The largest absolute Gasteiger partial charge is 0.394 e. The van der Waals surface area contributed by atoms with E-state index in [0.717, 1.165) is 25.3 Å². The summed E-state index contributed by atoms with van der Waals surface area (Å²) in [4.78, 5) is 10.9. The van der Waals surface area contributed by atoms with Gasteiger partial charge < -0.3 is 10.4 Å². The molecule has 2 N–H and O–H groups in total. The zero-order chi connectivity index (χ0) is 21.0. The molecule has 1 unspecified atom stereocenters. The monoisotopic (exact) mass is 439 g/mol. The van der Waals surface area contributed by atoms with Crippen LogP contribution in [-0.2, 0) is 10.0 Å². The summed E-state index contributed by atoms with van der Waals surface area (Å²) in [6.45, 7) is 0.500. The first-order valence-corrected chi connectivity index (χ1v) is 11.1. The fourth-order valence-electron chi connectivity index (χ4n) is 3.34.